The average molecular weight is 214 g/mol. The summed E-state index contributed by atoms with van der Waals surface area (Å²) in [6.07, 6.45) is 0.795. The number of benzene rings is 2. The third-order valence-electron chi connectivity index (χ3n) is 2.31. The molecule has 0 aliphatic heterocycles. The third-order valence-corrected chi connectivity index (χ3v) is 2.31. The number of hydrogen-bond donors (Lipinski definition) is 1. The molecular formula is C14H14O2. The number of para-hydroxylation sites is 1. The molecule has 2 rings (SSSR count). The number of aromatic hydroxyl groups is 1. The van der Waals surface area contributed by atoms with Crippen LogP contribution in [0.5, 0.6) is 11.5 Å². The molecule has 2 aromatic carbocycles. The minimum absolute atomic E-state index is 0.303. The highest BCUT2D eigenvalue weighted by Gasteiger charge is 1.96. The monoisotopic (exact) mass is 214 g/mol. The van der Waals surface area contributed by atoms with Crippen LogP contribution in [-0.2, 0) is 6.42 Å². The second-order valence-electron chi connectivity index (χ2n) is 3.58. The molecule has 0 heterocycles. The lowest BCUT2D eigenvalue weighted by atomic mass is 10.1. The van der Waals surface area contributed by atoms with Crippen LogP contribution in [0.2, 0.25) is 0 Å². The maximum atomic E-state index is 9.29. The number of rotatable bonds is 4. The van der Waals surface area contributed by atoms with Crippen molar-refractivity contribution in [3.05, 3.63) is 60.2 Å². The Balaban J connectivity index is 1.85. The highest BCUT2D eigenvalue weighted by molar-refractivity contribution is 5.27. The Morgan fingerprint density at radius 3 is 2.50 bits per heavy atom. The normalized spacial score (nSPS) is 10.0. The van der Waals surface area contributed by atoms with E-state index in [9.17, 15) is 5.11 Å². The van der Waals surface area contributed by atoms with Gasteiger partial charge in [-0.05, 0) is 29.8 Å². The third kappa shape index (κ3) is 3.02. The van der Waals surface area contributed by atoms with Gasteiger partial charge >= 0.3 is 0 Å². The topological polar surface area (TPSA) is 29.5 Å². The zero-order valence-corrected chi connectivity index (χ0v) is 8.97. The summed E-state index contributed by atoms with van der Waals surface area (Å²) in [5.74, 6) is 1.18. The second kappa shape index (κ2) is 5.21. The SMILES string of the molecule is Oc1cccc(CCOc2ccccc2)c1. The molecule has 0 saturated heterocycles. The lowest BCUT2D eigenvalue weighted by Crippen LogP contribution is -2.00. The molecule has 2 aromatic rings. The molecule has 0 bridgehead atoms. The molecule has 0 unspecified atom stereocenters. The summed E-state index contributed by atoms with van der Waals surface area (Å²) in [6, 6.07) is 17.0. The molecular weight excluding hydrogens is 200 g/mol. The van der Waals surface area contributed by atoms with E-state index in [1.54, 1.807) is 12.1 Å². The van der Waals surface area contributed by atoms with Crippen LogP contribution < -0.4 is 4.74 Å². The van der Waals surface area contributed by atoms with Crippen molar-refractivity contribution in [3.63, 3.8) is 0 Å². The highest BCUT2D eigenvalue weighted by atomic mass is 16.5. The quantitative estimate of drug-likeness (QED) is 0.847. The number of hydrogen-bond acceptors (Lipinski definition) is 2. The van der Waals surface area contributed by atoms with E-state index in [0.717, 1.165) is 17.7 Å². The van der Waals surface area contributed by atoms with Crippen LogP contribution in [0.4, 0.5) is 0 Å². The molecule has 2 heteroatoms. The van der Waals surface area contributed by atoms with Crippen LogP contribution in [0, 0.1) is 0 Å². The van der Waals surface area contributed by atoms with Crippen molar-refractivity contribution < 1.29 is 9.84 Å². The number of ether oxygens (including phenoxy) is 1. The molecule has 82 valence electrons. The summed E-state index contributed by atoms with van der Waals surface area (Å²) >= 11 is 0. The molecule has 0 aliphatic carbocycles. The molecule has 0 aromatic heterocycles. The summed E-state index contributed by atoms with van der Waals surface area (Å²) in [5, 5.41) is 9.29. The standard InChI is InChI=1S/C14H14O2/c15-13-6-4-5-12(11-13)9-10-16-14-7-2-1-3-8-14/h1-8,11,15H,9-10H2. The van der Waals surface area contributed by atoms with E-state index < -0.39 is 0 Å². The van der Waals surface area contributed by atoms with Crippen molar-refractivity contribution in [2.24, 2.45) is 0 Å². The predicted octanol–water partition coefficient (Wildman–Crippen LogP) is 3.01. The minimum Gasteiger partial charge on any atom is -0.508 e. The second-order valence-corrected chi connectivity index (χ2v) is 3.58. The Kier molecular flexibility index (Phi) is 3.44. The fraction of sp³-hybridized carbons (Fsp3) is 0.143. The summed E-state index contributed by atoms with van der Waals surface area (Å²) < 4.78 is 5.57. The summed E-state index contributed by atoms with van der Waals surface area (Å²) in [6.45, 7) is 0.619. The lowest BCUT2D eigenvalue weighted by Gasteiger charge is -2.05. The summed E-state index contributed by atoms with van der Waals surface area (Å²) in [5.41, 5.74) is 1.08. The van der Waals surface area contributed by atoms with Gasteiger partial charge in [-0.15, -0.1) is 0 Å². The Hall–Kier alpha value is -1.96. The van der Waals surface area contributed by atoms with Crippen molar-refractivity contribution >= 4 is 0 Å². The molecule has 1 N–H and O–H groups in total. The van der Waals surface area contributed by atoms with Crippen LogP contribution >= 0.6 is 0 Å². The van der Waals surface area contributed by atoms with Gasteiger partial charge in [0.2, 0.25) is 0 Å². The van der Waals surface area contributed by atoms with Crippen molar-refractivity contribution in [2.75, 3.05) is 6.61 Å². The molecule has 2 nitrogen and oxygen atoms in total. The van der Waals surface area contributed by atoms with Crippen molar-refractivity contribution in [2.45, 2.75) is 6.42 Å². The van der Waals surface area contributed by atoms with Gasteiger partial charge < -0.3 is 9.84 Å². The van der Waals surface area contributed by atoms with Crippen LogP contribution in [0.1, 0.15) is 5.56 Å². The van der Waals surface area contributed by atoms with Gasteiger partial charge in [-0.3, -0.25) is 0 Å². The fourth-order valence-electron chi connectivity index (χ4n) is 1.52. The number of phenols is 1. The largest absolute Gasteiger partial charge is 0.508 e. The molecule has 0 radical (unpaired) electrons. The Morgan fingerprint density at radius 1 is 0.938 bits per heavy atom. The van der Waals surface area contributed by atoms with E-state index in [1.807, 2.05) is 42.5 Å². The number of phenolic OH excluding ortho intramolecular Hbond substituents is 1. The van der Waals surface area contributed by atoms with Gasteiger partial charge in [0.15, 0.2) is 0 Å². The summed E-state index contributed by atoms with van der Waals surface area (Å²) in [7, 11) is 0. The molecule has 0 saturated carbocycles. The van der Waals surface area contributed by atoms with Gasteiger partial charge in [0.25, 0.3) is 0 Å². The van der Waals surface area contributed by atoms with Crippen LogP contribution in [0.15, 0.2) is 54.6 Å². The van der Waals surface area contributed by atoms with Crippen molar-refractivity contribution in [1.29, 1.82) is 0 Å². The molecule has 16 heavy (non-hydrogen) atoms. The Labute approximate surface area is 95.1 Å². The van der Waals surface area contributed by atoms with E-state index in [-0.39, 0.29) is 0 Å². The Morgan fingerprint density at radius 2 is 1.75 bits per heavy atom. The van der Waals surface area contributed by atoms with E-state index in [1.165, 1.54) is 0 Å². The first-order valence-corrected chi connectivity index (χ1v) is 5.30. The molecule has 0 atom stereocenters. The first kappa shape index (κ1) is 10.6. The minimum atomic E-state index is 0.303. The van der Waals surface area contributed by atoms with Crippen LogP contribution in [-0.4, -0.2) is 11.7 Å². The van der Waals surface area contributed by atoms with Gasteiger partial charge in [-0.2, -0.15) is 0 Å². The molecule has 0 spiro atoms. The van der Waals surface area contributed by atoms with Gasteiger partial charge in [-0.25, -0.2) is 0 Å². The average Bonchev–Trinajstić information content (AvgIpc) is 2.30. The van der Waals surface area contributed by atoms with E-state index in [4.69, 9.17) is 4.74 Å². The van der Waals surface area contributed by atoms with E-state index >= 15 is 0 Å². The van der Waals surface area contributed by atoms with Gasteiger partial charge in [-0.1, -0.05) is 30.3 Å². The molecule has 0 amide bonds. The van der Waals surface area contributed by atoms with E-state index in [0.29, 0.717) is 12.4 Å². The van der Waals surface area contributed by atoms with Gasteiger partial charge in [0.1, 0.15) is 11.5 Å². The van der Waals surface area contributed by atoms with Crippen LogP contribution in [0.3, 0.4) is 0 Å². The van der Waals surface area contributed by atoms with Crippen molar-refractivity contribution in [3.8, 4) is 11.5 Å². The molecule has 0 aliphatic rings. The van der Waals surface area contributed by atoms with E-state index in [2.05, 4.69) is 0 Å². The lowest BCUT2D eigenvalue weighted by molar-refractivity contribution is 0.322. The molecule has 0 fully saturated rings. The highest BCUT2D eigenvalue weighted by Crippen LogP contribution is 2.13. The zero-order chi connectivity index (χ0) is 11.2. The Bertz CT molecular complexity index is 437. The summed E-state index contributed by atoms with van der Waals surface area (Å²) in [4.78, 5) is 0. The van der Waals surface area contributed by atoms with Gasteiger partial charge in [0, 0.05) is 6.42 Å². The first-order valence-electron chi connectivity index (χ1n) is 5.30. The predicted molar refractivity (Wildman–Crippen MR) is 63.7 cm³/mol. The van der Waals surface area contributed by atoms with Crippen molar-refractivity contribution in [1.82, 2.24) is 0 Å². The maximum absolute atomic E-state index is 9.29. The fourth-order valence-corrected chi connectivity index (χ4v) is 1.52. The van der Waals surface area contributed by atoms with Gasteiger partial charge in [0.05, 0.1) is 6.61 Å². The smallest absolute Gasteiger partial charge is 0.119 e. The zero-order valence-electron chi connectivity index (χ0n) is 8.97. The first-order chi connectivity index (χ1) is 7.84. The maximum Gasteiger partial charge on any atom is 0.119 e. The van der Waals surface area contributed by atoms with Crippen LogP contribution in [0.25, 0.3) is 0 Å².